The maximum absolute atomic E-state index is 11.9. The quantitative estimate of drug-likeness (QED) is 0.278. The minimum atomic E-state index is -2.13. The molecule has 0 aliphatic carbocycles. The standard InChI is InChI=1S/C17H26Cl2N2O5Si/c1-17(2,3)27(4,5)26-10-13(20-16(23)15(18)19)14(22)11-6-8-12(9-7-11)21(24)25/h6-9,13-15,22H,10H2,1-5H3,(H,20,23). The third kappa shape index (κ3) is 6.72. The van der Waals surface area contributed by atoms with E-state index in [-0.39, 0.29) is 17.3 Å². The zero-order chi connectivity index (χ0) is 21.0. The third-order valence-corrected chi connectivity index (χ3v) is 9.68. The molecule has 0 aliphatic rings. The van der Waals surface area contributed by atoms with Gasteiger partial charge in [0.1, 0.15) is 6.10 Å². The lowest BCUT2D eigenvalue weighted by Gasteiger charge is -2.38. The summed E-state index contributed by atoms with van der Waals surface area (Å²) >= 11 is 11.2. The number of alkyl halides is 2. The summed E-state index contributed by atoms with van der Waals surface area (Å²) in [6, 6.07) is 4.64. The number of benzene rings is 1. The van der Waals surface area contributed by atoms with E-state index in [1.807, 2.05) is 0 Å². The molecule has 27 heavy (non-hydrogen) atoms. The molecule has 0 fully saturated rings. The van der Waals surface area contributed by atoms with Crippen molar-refractivity contribution in [2.75, 3.05) is 6.61 Å². The van der Waals surface area contributed by atoms with E-state index >= 15 is 0 Å². The highest BCUT2D eigenvalue weighted by Gasteiger charge is 2.38. The van der Waals surface area contributed by atoms with E-state index in [0.717, 1.165) is 0 Å². The minimum absolute atomic E-state index is 0.0542. The second-order valence-electron chi connectivity index (χ2n) is 7.78. The van der Waals surface area contributed by atoms with Crippen LogP contribution in [0.4, 0.5) is 5.69 Å². The van der Waals surface area contributed by atoms with Gasteiger partial charge in [-0.3, -0.25) is 14.9 Å². The number of aliphatic hydroxyl groups excluding tert-OH is 1. The first-order valence-electron chi connectivity index (χ1n) is 8.41. The zero-order valence-corrected chi connectivity index (χ0v) is 18.5. The summed E-state index contributed by atoms with van der Waals surface area (Å²) in [6.07, 6.45) is -1.15. The number of amides is 1. The Hall–Kier alpha value is -1.19. The van der Waals surface area contributed by atoms with Crippen molar-refractivity contribution in [2.45, 2.75) is 55.9 Å². The van der Waals surface area contributed by atoms with E-state index in [0.29, 0.717) is 5.56 Å². The van der Waals surface area contributed by atoms with Gasteiger partial charge in [-0.2, -0.15) is 0 Å². The first-order valence-corrected chi connectivity index (χ1v) is 12.2. The van der Waals surface area contributed by atoms with Crippen LogP contribution in [0.5, 0.6) is 0 Å². The summed E-state index contributed by atoms with van der Waals surface area (Å²) in [7, 11) is -2.13. The van der Waals surface area contributed by atoms with Crippen molar-refractivity contribution in [1.82, 2.24) is 5.32 Å². The van der Waals surface area contributed by atoms with Crippen LogP contribution in [-0.4, -0.2) is 41.7 Å². The third-order valence-electron chi connectivity index (χ3n) is 4.78. The number of carbonyl (C=O) groups excluding carboxylic acids is 1. The van der Waals surface area contributed by atoms with Crippen molar-refractivity contribution in [3.63, 3.8) is 0 Å². The lowest BCUT2D eigenvalue weighted by atomic mass is 10.0. The average molecular weight is 437 g/mol. The Kier molecular flexibility index (Phi) is 8.25. The van der Waals surface area contributed by atoms with Gasteiger partial charge >= 0.3 is 0 Å². The number of carbonyl (C=O) groups is 1. The molecule has 0 heterocycles. The van der Waals surface area contributed by atoms with Gasteiger partial charge in [0.05, 0.1) is 17.6 Å². The van der Waals surface area contributed by atoms with Gasteiger partial charge in [0.25, 0.3) is 11.6 Å². The van der Waals surface area contributed by atoms with Gasteiger partial charge in [-0.05, 0) is 35.8 Å². The monoisotopic (exact) mass is 436 g/mol. The van der Waals surface area contributed by atoms with Gasteiger partial charge in [0.2, 0.25) is 0 Å². The van der Waals surface area contributed by atoms with Crippen LogP contribution in [0.3, 0.4) is 0 Å². The fourth-order valence-corrected chi connectivity index (χ4v) is 3.15. The van der Waals surface area contributed by atoms with Crippen LogP contribution in [-0.2, 0) is 9.22 Å². The Balaban J connectivity index is 3.02. The molecule has 10 heteroatoms. The van der Waals surface area contributed by atoms with E-state index in [1.165, 1.54) is 24.3 Å². The van der Waals surface area contributed by atoms with Crippen LogP contribution in [0, 0.1) is 10.1 Å². The molecule has 1 aromatic rings. The minimum Gasteiger partial charge on any atom is -0.415 e. The fraction of sp³-hybridized carbons (Fsp3) is 0.588. The summed E-state index contributed by atoms with van der Waals surface area (Å²) in [6.45, 7) is 10.4. The first-order chi connectivity index (χ1) is 12.3. The normalized spacial score (nSPS) is 14.7. The molecule has 0 aromatic heterocycles. The molecule has 0 saturated carbocycles. The van der Waals surface area contributed by atoms with Crippen LogP contribution >= 0.6 is 23.2 Å². The Labute approximate surface area is 170 Å². The number of hydrogen-bond donors (Lipinski definition) is 2. The summed E-state index contributed by atoms with van der Waals surface area (Å²) in [5.41, 5.74) is 0.316. The van der Waals surface area contributed by atoms with Crippen molar-refractivity contribution in [1.29, 1.82) is 0 Å². The number of aliphatic hydroxyl groups is 1. The Morgan fingerprint density at radius 3 is 2.22 bits per heavy atom. The van der Waals surface area contributed by atoms with Crippen LogP contribution in [0.15, 0.2) is 24.3 Å². The Bertz CT molecular complexity index is 662. The summed E-state index contributed by atoms with van der Waals surface area (Å²) in [4.78, 5) is 20.9. The number of rotatable bonds is 8. The van der Waals surface area contributed by atoms with Gasteiger partial charge in [-0.15, -0.1) is 0 Å². The highest BCUT2D eigenvalue weighted by molar-refractivity contribution is 6.74. The van der Waals surface area contributed by atoms with Crippen molar-refractivity contribution in [2.24, 2.45) is 0 Å². The summed E-state index contributed by atoms with van der Waals surface area (Å²) in [5.74, 6) is -0.650. The predicted octanol–water partition coefficient (Wildman–Crippen LogP) is 3.94. The predicted molar refractivity (Wildman–Crippen MR) is 109 cm³/mol. The molecule has 0 aliphatic heterocycles. The molecule has 152 valence electrons. The van der Waals surface area contributed by atoms with Gasteiger partial charge in [0.15, 0.2) is 13.2 Å². The molecule has 0 spiro atoms. The molecule has 2 unspecified atom stereocenters. The Morgan fingerprint density at radius 2 is 1.81 bits per heavy atom. The molecule has 1 rings (SSSR count). The van der Waals surface area contributed by atoms with E-state index in [1.54, 1.807) is 0 Å². The maximum Gasteiger partial charge on any atom is 0.269 e. The van der Waals surface area contributed by atoms with Crippen LogP contribution in [0.25, 0.3) is 0 Å². The molecule has 1 amide bonds. The smallest absolute Gasteiger partial charge is 0.269 e. The molecule has 0 radical (unpaired) electrons. The van der Waals surface area contributed by atoms with Gasteiger partial charge in [-0.1, -0.05) is 44.0 Å². The maximum atomic E-state index is 11.9. The van der Waals surface area contributed by atoms with Crippen molar-refractivity contribution in [3.8, 4) is 0 Å². The molecule has 0 saturated heterocycles. The molecule has 1 aromatic carbocycles. The number of hydrogen-bond acceptors (Lipinski definition) is 5. The Morgan fingerprint density at radius 1 is 1.30 bits per heavy atom. The first kappa shape index (κ1) is 23.8. The molecule has 2 atom stereocenters. The van der Waals surface area contributed by atoms with Crippen LogP contribution in [0.1, 0.15) is 32.4 Å². The summed E-state index contributed by atoms with van der Waals surface area (Å²) < 4.78 is 6.11. The number of nitro groups is 1. The number of nitro benzene ring substituents is 1. The molecule has 2 N–H and O–H groups in total. The second-order valence-corrected chi connectivity index (χ2v) is 13.7. The van der Waals surface area contributed by atoms with Crippen molar-refractivity contribution in [3.05, 3.63) is 39.9 Å². The van der Waals surface area contributed by atoms with Gasteiger partial charge in [-0.25, -0.2) is 0 Å². The SMILES string of the molecule is CC(C)(C)[Si](C)(C)OCC(NC(=O)C(Cl)Cl)C(O)c1ccc([N+](=O)[O-])cc1. The number of halogens is 2. The summed E-state index contributed by atoms with van der Waals surface area (Å²) in [5, 5.41) is 24.0. The van der Waals surface area contributed by atoms with E-state index in [4.69, 9.17) is 27.6 Å². The fourth-order valence-electron chi connectivity index (χ4n) is 2.00. The van der Waals surface area contributed by atoms with E-state index in [2.05, 4.69) is 39.2 Å². The van der Waals surface area contributed by atoms with Crippen LogP contribution in [0.2, 0.25) is 18.1 Å². The largest absolute Gasteiger partial charge is 0.415 e. The lowest BCUT2D eigenvalue weighted by Crippen LogP contribution is -2.49. The van der Waals surface area contributed by atoms with E-state index in [9.17, 15) is 20.0 Å². The highest BCUT2D eigenvalue weighted by atomic mass is 35.5. The van der Waals surface area contributed by atoms with Gasteiger partial charge < -0.3 is 14.8 Å². The average Bonchev–Trinajstić information content (AvgIpc) is 2.56. The zero-order valence-electron chi connectivity index (χ0n) is 16.0. The molecular weight excluding hydrogens is 411 g/mol. The van der Waals surface area contributed by atoms with E-state index < -0.39 is 36.1 Å². The number of nitrogens with one attached hydrogen (secondary N) is 1. The topological polar surface area (TPSA) is 102 Å². The van der Waals surface area contributed by atoms with Crippen LogP contribution < -0.4 is 5.32 Å². The van der Waals surface area contributed by atoms with Crippen molar-refractivity contribution < 1.29 is 19.3 Å². The van der Waals surface area contributed by atoms with Crippen molar-refractivity contribution >= 4 is 43.1 Å². The second kappa shape index (κ2) is 9.34. The number of non-ortho nitro benzene ring substituents is 1. The lowest BCUT2D eigenvalue weighted by molar-refractivity contribution is -0.384. The molecule has 0 bridgehead atoms. The van der Waals surface area contributed by atoms with Gasteiger partial charge in [0, 0.05) is 12.1 Å². The molecule has 7 nitrogen and oxygen atoms in total. The highest BCUT2D eigenvalue weighted by Crippen LogP contribution is 2.37. The molecular formula is C17H26Cl2N2O5Si. The number of nitrogens with zero attached hydrogens (tertiary/aromatic N) is 1.